The quantitative estimate of drug-likeness (QED) is 0.725. The Labute approximate surface area is 162 Å². The number of hydrogen-bond acceptors (Lipinski definition) is 6. The van der Waals surface area contributed by atoms with E-state index < -0.39 is 6.10 Å². The summed E-state index contributed by atoms with van der Waals surface area (Å²) in [5.74, 6) is 1.14. The second kappa shape index (κ2) is 7.44. The van der Waals surface area contributed by atoms with Crippen LogP contribution >= 0.6 is 0 Å². The Hall–Kier alpha value is -3.19. The van der Waals surface area contributed by atoms with Crippen molar-refractivity contribution < 1.29 is 15.0 Å². The van der Waals surface area contributed by atoms with Gasteiger partial charge in [0.25, 0.3) is 5.91 Å². The zero-order chi connectivity index (χ0) is 19.7. The Morgan fingerprint density at radius 1 is 1.00 bits per heavy atom. The highest BCUT2D eigenvalue weighted by Crippen LogP contribution is 2.31. The maximum Gasteiger partial charge on any atom is 0.251 e. The van der Waals surface area contributed by atoms with Crippen molar-refractivity contribution in [2.75, 3.05) is 31.1 Å². The summed E-state index contributed by atoms with van der Waals surface area (Å²) in [5, 5.41) is 20.7. The highest BCUT2D eigenvalue weighted by molar-refractivity contribution is 5.91. The smallest absolute Gasteiger partial charge is 0.251 e. The molecule has 1 amide bonds. The third-order valence-electron chi connectivity index (χ3n) is 4.98. The Balaban J connectivity index is 1.71. The Kier molecular flexibility index (Phi) is 4.83. The number of phenols is 1. The number of rotatable bonds is 3. The molecule has 2 N–H and O–H groups in total. The number of anilines is 1. The molecular formula is C21H22N4O3. The number of amides is 1. The normalized spacial score (nSPS) is 15.6. The summed E-state index contributed by atoms with van der Waals surface area (Å²) in [6, 6.07) is 14.8. The Bertz CT molecular complexity index is 1010. The molecule has 2 aromatic carbocycles. The van der Waals surface area contributed by atoms with Crippen LogP contribution < -0.4 is 4.90 Å². The molecule has 1 atom stereocenters. The van der Waals surface area contributed by atoms with Gasteiger partial charge in [-0.25, -0.2) is 9.97 Å². The number of aliphatic hydroxyl groups excluding tert-OH is 1. The number of piperazine rings is 1. The number of nitrogens with zero attached hydrogens (tertiary/aromatic N) is 4. The van der Waals surface area contributed by atoms with Crippen molar-refractivity contribution in [3.8, 4) is 17.1 Å². The minimum Gasteiger partial charge on any atom is -0.507 e. The highest BCUT2D eigenvalue weighted by atomic mass is 16.3. The molecule has 0 spiro atoms. The Morgan fingerprint density at radius 3 is 2.39 bits per heavy atom. The van der Waals surface area contributed by atoms with Crippen molar-refractivity contribution in [2.45, 2.75) is 13.0 Å². The first-order valence-corrected chi connectivity index (χ1v) is 9.31. The fourth-order valence-corrected chi connectivity index (χ4v) is 3.49. The number of aromatic hydroxyl groups is 1. The average molecular weight is 378 g/mol. The van der Waals surface area contributed by atoms with Crippen LogP contribution in [-0.2, 0) is 4.79 Å². The fraction of sp³-hybridized carbons (Fsp3) is 0.286. The van der Waals surface area contributed by atoms with E-state index in [1.54, 1.807) is 23.1 Å². The lowest BCUT2D eigenvalue weighted by Crippen LogP contribution is -2.51. The van der Waals surface area contributed by atoms with Crippen molar-refractivity contribution in [3.63, 3.8) is 0 Å². The van der Waals surface area contributed by atoms with Crippen LogP contribution in [0.4, 0.5) is 5.82 Å². The lowest BCUT2D eigenvalue weighted by atomic mass is 10.1. The van der Waals surface area contributed by atoms with Gasteiger partial charge < -0.3 is 20.0 Å². The lowest BCUT2D eigenvalue weighted by Gasteiger charge is -2.36. The van der Waals surface area contributed by atoms with Gasteiger partial charge in [-0.05, 0) is 31.2 Å². The molecule has 1 saturated heterocycles. The van der Waals surface area contributed by atoms with Gasteiger partial charge in [0.2, 0.25) is 0 Å². The van der Waals surface area contributed by atoms with Gasteiger partial charge in [0.15, 0.2) is 5.82 Å². The van der Waals surface area contributed by atoms with E-state index in [0.29, 0.717) is 37.6 Å². The molecule has 1 aliphatic rings. The van der Waals surface area contributed by atoms with Crippen molar-refractivity contribution in [1.29, 1.82) is 0 Å². The van der Waals surface area contributed by atoms with Crippen LogP contribution in [0, 0.1) is 0 Å². The Morgan fingerprint density at radius 2 is 1.68 bits per heavy atom. The molecule has 7 heteroatoms. The van der Waals surface area contributed by atoms with E-state index in [1.807, 2.05) is 30.3 Å². The molecule has 3 aromatic rings. The number of hydrogen-bond donors (Lipinski definition) is 2. The summed E-state index contributed by atoms with van der Waals surface area (Å²) in [4.78, 5) is 25.2. The standard InChI is InChI=1S/C21H22N4O3/c1-14(26)21(28)25-12-10-24(11-13-25)20-15-6-2-4-8-17(15)22-19(23-20)16-7-3-5-9-18(16)27/h2-9,14,26-27H,10-13H2,1H3. The molecule has 28 heavy (non-hydrogen) atoms. The first-order valence-electron chi connectivity index (χ1n) is 9.31. The lowest BCUT2D eigenvalue weighted by molar-refractivity contribution is -0.139. The molecular weight excluding hydrogens is 356 g/mol. The molecule has 144 valence electrons. The van der Waals surface area contributed by atoms with E-state index in [2.05, 4.69) is 9.88 Å². The molecule has 0 saturated carbocycles. The van der Waals surface area contributed by atoms with Gasteiger partial charge in [-0.15, -0.1) is 0 Å². The molecule has 1 aromatic heterocycles. The maximum absolute atomic E-state index is 12.0. The van der Waals surface area contributed by atoms with Crippen LogP contribution in [0.3, 0.4) is 0 Å². The summed E-state index contributed by atoms with van der Waals surface area (Å²) >= 11 is 0. The number of carbonyl (C=O) groups is 1. The van der Waals surface area contributed by atoms with E-state index in [0.717, 1.165) is 16.7 Å². The molecule has 7 nitrogen and oxygen atoms in total. The zero-order valence-corrected chi connectivity index (χ0v) is 15.6. The molecule has 0 radical (unpaired) electrons. The zero-order valence-electron chi connectivity index (χ0n) is 15.6. The van der Waals surface area contributed by atoms with Gasteiger partial charge in [-0.1, -0.05) is 24.3 Å². The molecule has 0 aliphatic carbocycles. The minimum atomic E-state index is -0.987. The van der Waals surface area contributed by atoms with E-state index in [9.17, 15) is 15.0 Å². The van der Waals surface area contributed by atoms with Gasteiger partial charge >= 0.3 is 0 Å². The molecule has 1 aliphatic heterocycles. The van der Waals surface area contributed by atoms with Crippen molar-refractivity contribution in [2.24, 2.45) is 0 Å². The summed E-state index contributed by atoms with van der Waals surface area (Å²) in [6.07, 6.45) is -0.987. The van der Waals surface area contributed by atoms with Crippen LogP contribution in [-0.4, -0.2) is 63.3 Å². The number of carbonyl (C=O) groups excluding carboxylic acids is 1. The first kappa shape index (κ1) is 18.2. The van der Waals surface area contributed by atoms with Crippen LogP contribution in [0.5, 0.6) is 5.75 Å². The molecule has 2 heterocycles. The number of fused-ring (bicyclic) bond motifs is 1. The molecule has 1 fully saturated rings. The predicted octanol–water partition coefficient (Wildman–Crippen LogP) is 2.03. The van der Waals surface area contributed by atoms with Crippen LogP contribution in [0.25, 0.3) is 22.3 Å². The van der Waals surface area contributed by atoms with Crippen LogP contribution in [0.2, 0.25) is 0 Å². The second-order valence-corrected chi connectivity index (χ2v) is 6.89. The van der Waals surface area contributed by atoms with Gasteiger partial charge in [0, 0.05) is 31.6 Å². The number of para-hydroxylation sites is 2. The summed E-state index contributed by atoms with van der Waals surface area (Å²) in [7, 11) is 0. The average Bonchev–Trinajstić information content (AvgIpc) is 2.73. The van der Waals surface area contributed by atoms with Crippen LogP contribution in [0.1, 0.15) is 6.92 Å². The topological polar surface area (TPSA) is 89.8 Å². The molecule has 0 bridgehead atoms. The SMILES string of the molecule is CC(O)C(=O)N1CCN(c2nc(-c3ccccc3O)nc3ccccc23)CC1. The summed E-state index contributed by atoms with van der Waals surface area (Å²) in [6.45, 7) is 3.76. The fourth-order valence-electron chi connectivity index (χ4n) is 3.49. The minimum absolute atomic E-state index is 0.135. The maximum atomic E-state index is 12.0. The van der Waals surface area contributed by atoms with Crippen molar-refractivity contribution >= 4 is 22.6 Å². The van der Waals surface area contributed by atoms with Gasteiger partial charge in [-0.2, -0.15) is 0 Å². The van der Waals surface area contributed by atoms with E-state index >= 15 is 0 Å². The van der Waals surface area contributed by atoms with E-state index in [1.165, 1.54) is 6.92 Å². The molecule has 4 rings (SSSR count). The third kappa shape index (κ3) is 3.36. The highest BCUT2D eigenvalue weighted by Gasteiger charge is 2.26. The van der Waals surface area contributed by atoms with E-state index in [4.69, 9.17) is 4.98 Å². The van der Waals surface area contributed by atoms with Gasteiger partial charge in [-0.3, -0.25) is 4.79 Å². The third-order valence-corrected chi connectivity index (χ3v) is 4.98. The molecule has 1 unspecified atom stereocenters. The van der Waals surface area contributed by atoms with Crippen molar-refractivity contribution in [1.82, 2.24) is 14.9 Å². The number of phenolic OH excluding ortho intramolecular Hbond substituents is 1. The second-order valence-electron chi connectivity index (χ2n) is 6.89. The van der Waals surface area contributed by atoms with E-state index in [-0.39, 0.29) is 11.7 Å². The predicted molar refractivity (Wildman–Crippen MR) is 107 cm³/mol. The van der Waals surface area contributed by atoms with Crippen molar-refractivity contribution in [3.05, 3.63) is 48.5 Å². The van der Waals surface area contributed by atoms with Gasteiger partial charge in [0.1, 0.15) is 17.7 Å². The number of aliphatic hydroxyl groups is 1. The van der Waals surface area contributed by atoms with Crippen LogP contribution in [0.15, 0.2) is 48.5 Å². The van der Waals surface area contributed by atoms with Gasteiger partial charge in [0.05, 0.1) is 11.1 Å². The number of benzene rings is 2. The first-order chi connectivity index (χ1) is 13.5. The summed E-state index contributed by atoms with van der Waals surface area (Å²) < 4.78 is 0. The number of aromatic nitrogens is 2. The largest absolute Gasteiger partial charge is 0.507 e. The monoisotopic (exact) mass is 378 g/mol. The summed E-state index contributed by atoms with van der Waals surface area (Å²) in [5.41, 5.74) is 1.38.